The molecule has 13 heavy (non-hydrogen) atoms. The van der Waals surface area contributed by atoms with E-state index in [2.05, 4.69) is 4.98 Å². The Labute approximate surface area is 76.3 Å². The van der Waals surface area contributed by atoms with Gasteiger partial charge in [-0.15, -0.1) is 0 Å². The van der Waals surface area contributed by atoms with Crippen LogP contribution in [0.2, 0.25) is 5.15 Å². The first-order valence-corrected chi connectivity index (χ1v) is 3.53. The Balaban J connectivity index is 3.43. The normalized spacial score (nSPS) is 10.5. The predicted octanol–water partition coefficient (Wildman–Crippen LogP) is 2.62. The second-order valence-corrected chi connectivity index (χ2v) is 2.50. The largest absolute Gasteiger partial charge is 0.298 e. The average Bonchev–Trinajstić information content (AvgIpc) is 2.07. The average molecular weight is 210 g/mol. The molecule has 0 aliphatic rings. The fourth-order valence-corrected chi connectivity index (χ4v) is 1.05. The van der Waals surface area contributed by atoms with Crippen LogP contribution < -0.4 is 0 Å². The molecular weight excluding hydrogens is 207 g/mol. The first-order chi connectivity index (χ1) is 6.07. The standard InChI is InChI=1S/C7H3ClF3NO/c8-6-5(7(10)11)3(2-13)4(9)1-12-6/h1-2,7H. The van der Waals surface area contributed by atoms with Gasteiger partial charge in [0.2, 0.25) is 0 Å². The van der Waals surface area contributed by atoms with Gasteiger partial charge in [-0.05, 0) is 0 Å². The van der Waals surface area contributed by atoms with Crippen LogP contribution in [0.25, 0.3) is 0 Å². The Morgan fingerprint density at radius 2 is 2.15 bits per heavy atom. The van der Waals surface area contributed by atoms with Gasteiger partial charge in [-0.1, -0.05) is 11.6 Å². The number of nitrogens with zero attached hydrogens (tertiary/aromatic N) is 1. The van der Waals surface area contributed by atoms with Gasteiger partial charge < -0.3 is 0 Å². The number of halogens is 4. The molecule has 0 fully saturated rings. The van der Waals surface area contributed by atoms with Gasteiger partial charge >= 0.3 is 0 Å². The second-order valence-electron chi connectivity index (χ2n) is 2.14. The lowest BCUT2D eigenvalue weighted by molar-refractivity contribution is 0.110. The molecule has 0 aliphatic heterocycles. The summed E-state index contributed by atoms with van der Waals surface area (Å²) in [4.78, 5) is 13.4. The van der Waals surface area contributed by atoms with Crippen LogP contribution in [0, 0.1) is 5.82 Å². The molecule has 1 rings (SSSR count). The van der Waals surface area contributed by atoms with Gasteiger partial charge in [0.05, 0.1) is 17.3 Å². The van der Waals surface area contributed by atoms with E-state index in [4.69, 9.17) is 11.6 Å². The third kappa shape index (κ3) is 1.80. The van der Waals surface area contributed by atoms with Crippen LogP contribution in [-0.2, 0) is 0 Å². The minimum Gasteiger partial charge on any atom is -0.298 e. The van der Waals surface area contributed by atoms with Crippen molar-refractivity contribution in [1.82, 2.24) is 4.98 Å². The van der Waals surface area contributed by atoms with Crippen molar-refractivity contribution in [2.24, 2.45) is 0 Å². The number of rotatable bonds is 2. The quantitative estimate of drug-likeness (QED) is 0.554. The van der Waals surface area contributed by atoms with Crippen LogP contribution >= 0.6 is 11.6 Å². The van der Waals surface area contributed by atoms with Gasteiger partial charge in [0.1, 0.15) is 5.15 Å². The summed E-state index contributed by atoms with van der Waals surface area (Å²) >= 11 is 5.26. The summed E-state index contributed by atoms with van der Waals surface area (Å²) in [6, 6.07) is 0. The number of hydrogen-bond donors (Lipinski definition) is 0. The molecule has 70 valence electrons. The summed E-state index contributed by atoms with van der Waals surface area (Å²) in [7, 11) is 0. The van der Waals surface area contributed by atoms with Crippen molar-refractivity contribution in [2.75, 3.05) is 0 Å². The zero-order valence-electron chi connectivity index (χ0n) is 6.10. The summed E-state index contributed by atoms with van der Waals surface area (Å²) in [5, 5.41) is -0.557. The Morgan fingerprint density at radius 1 is 1.54 bits per heavy atom. The highest BCUT2D eigenvalue weighted by atomic mass is 35.5. The van der Waals surface area contributed by atoms with Crippen molar-refractivity contribution in [3.05, 3.63) is 28.3 Å². The Kier molecular flexibility index (Phi) is 2.87. The van der Waals surface area contributed by atoms with E-state index in [-0.39, 0.29) is 6.29 Å². The highest BCUT2D eigenvalue weighted by Crippen LogP contribution is 2.28. The van der Waals surface area contributed by atoms with Crippen LogP contribution in [0.15, 0.2) is 6.20 Å². The van der Waals surface area contributed by atoms with E-state index in [0.29, 0.717) is 6.20 Å². The van der Waals surface area contributed by atoms with E-state index in [1.165, 1.54) is 0 Å². The number of aldehydes is 1. The highest BCUT2D eigenvalue weighted by molar-refractivity contribution is 6.30. The molecule has 1 heterocycles. The van der Waals surface area contributed by atoms with Crippen LogP contribution in [0.1, 0.15) is 22.3 Å². The van der Waals surface area contributed by atoms with E-state index in [1.807, 2.05) is 0 Å². The molecule has 0 unspecified atom stereocenters. The molecule has 0 N–H and O–H groups in total. The van der Waals surface area contributed by atoms with Crippen molar-refractivity contribution in [2.45, 2.75) is 6.43 Å². The smallest absolute Gasteiger partial charge is 0.267 e. The predicted molar refractivity (Wildman–Crippen MR) is 39.5 cm³/mol. The van der Waals surface area contributed by atoms with Gasteiger partial charge in [-0.2, -0.15) is 0 Å². The van der Waals surface area contributed by atoms with Crippen molar-refractivity contribution in [3.63, 3.8) is 0 Å². The van der Waals surface area contributed by atoms with Gasteiger partial charge in [-0.25, -0.2) is 18.2 Å². The van der Waals surface area contributed by atoms with Crippen molar-refractivity contribution >= 4 is 17.9 Å². The summed E-state index contributed by atoms with van der Waals surface area (Å²) in [5.74, 6) is -1.10. The number of carbonyl (C=O) groups is 1. The number of aromatic nitrogens is 1. The molecular formula is C7H3ClF3NO. The molecule has 1 aromatic rings. The maximum absolute atomic E-state index is 12.7. The van der Waals surface area contributed by atoms with Gasteiger partial charge in [0.25, 0.3) is 6.43 Å². The van der Waals surface area contributed by atoms with Crippen molar-refractivity contribution in [3.8, 4) is 0 Å². The van der Waals surface area contributed by atoms with Gasteiger partial charge in [-0.3, -0.25) is 4.79 Å². The monoisotopic (exact) mass is 209 g/mol. The van der Waals surface area contributed by atoms with Gasteiger partial charge in [0.15, 0.2) is 12.1 Å². The minimum absolute atomic E-state index is 0.00954. The molecule has 0 saturated heterocycles. The topological polar surface area (TPSA) is 30.0 Å². The highest BCUT2D eigenvalue weighted by Gasteiger charge is 2.21. The lowest BCUT2D eigenvalue weighted by atomic mass is 10.1. The molecule has 0 spiro atoms. The summed E-state index contributed by atoms with van der Waals surface area (Å²) < 4.78 is 37.1. The lowest BCUT2D eigenvalue weighted by Crippen LogP contribution is -2.00. The van der Waals surface area contributed by atoms with E-state index < -0.39 is 28.5 Å². The van der Waals surface area contributed by atoms with Crippen molar-refractivity contribution in [1.29, 1.82) is 0 Å². The first kappa shape index (κ1) is 9.98. The summed E-state index contributed by atoms with van der Waals surface area (Å²) in [6.45, 7) is 0. The van der Waals surface area contributed by atoms with E-state index in [9.17, 15) is 18.0 Å². The maximum Gasteiger partial charge on any atom is 0.267 e. The molecule has 0 amide bonds. The molecule has 0 saturated carbocycles. The first-order valence-electron chi connectivity index (χ1n) is 3.15. The fourth-order valence-electron chi connectivity index (χ4n) is 0.820. The lowest BCUT2D eigenvalue weighted by Gasteiger charge is -2.05. The molecule has 6 heteroatoms. The Hall–Kier alpha value is -1.10. The number of carbonyl (C=O) groups excluding carboxylic acids is 1. The Morgan fingerprint density at radius 3 is 2.54 bits per heavy atom. The minimum atomic E-state index is -3.02. The van der Waals surface area contributed by atoms with Crippen LogP contribution in [-0.4, -0.2) is 11.3 Å². The Bertz CT molecular complexity index is 343. The maximum atomic E-state index is 12.7. The number of pyridine rings is 1. The van der Waals surface area contributed by atoms with Crippen LogP contribution in [0.4, 0.5) is 13.2 Å². The number of alkyl halides is 2. The summed E-state index contributed by atoms with van der Waals surface area (Å²) in [6.07, 6.45) is -2.40. The SMILES string of the molecule is O=Cc1c(F)cnc(Cl)c1C(F)F. The van der Waals surface area contributed by atoms with Crippen LogP contribution in [0.5, 0.6) is 0 Å². The molecule has 0 bridgehead atoms. The van der Waals surface area contributed by atoms with E-state index in [1.54, 1.807) is 0 Å². The zero-order valence-corrected chi connectivity index (χ0v) is 6.86. The zero-order chi connectivity index (χ0) is 10.0. The number of hydrogen-bond acceptors (Lipinski definition) is 2. The third-order valence-electron chi connectivity index (χ3n) is 1.40. The molecule has 0 aromatic carbocycles. The van der Waals surface area contributed by atoms with E-state index in [0.717, 1.165) is 0 Å². The van der Waals surface area contributed by atoms with Crippen LogP contribution in [0.3, 0.4) is 0 Å². The third-order valence-corrected chi connectivity index (χ3v) is 1.70. The molecule has 0 atom stereocenters. The molecule has 0 aliphatic carbocycles. The molecule has 2 nitrogen and oxygen atoms in total. The van der Waals surface area contributed by atoms with E-state index >= 15 is 0 Å². The van der Waals surface area contributed by atoms with Gasteiger partial charge in [0, 0.05) is 0 Å². The molecule has 1 aromatic heterocycles. The fraction of sp³-hybridized carbons (Fsp3) is 0.143. The molecule has 0 radical (unpaired) electrons. The van der Waals surface area contributed by atoms with Crippen molar-refractivity contribution < 1.29 is 18.0 Å². The summed E-state index contributed by atoms with van der Waals surface area (Å²) in [5.41, 5.74) is -1.60. The second kappa shape index (κ2) is 3.74.